The zero-order valence-corrected chi connectivity index (χ0v) is 15.6. The van der Waals surface area contributed by atoms with Crippen LogP contribution < -0.4 is 15.8 Å². The Morgan fingerprint density at radius 2 is 2.08 bits per heavy atom. The number of sulfonamides is 1. The Morgan fingerprint density at radius 3 is 2.62 bits per heavy atom. The number of nitrogens with zero attached hydrogens (tertiary/aromatic N) is 1. The quantitative estimate of drug-likeness (QED) is 0.700. The molecule has 0 saturated carbocycles. The van der Waals surface area contributed by atoms with Gasteiger partial charge in [0.2, 0.25) is 10.0 Å². The first-order chi connectivity index (χ1) is 10.8. The molecule has 0 atom stereocenters. The van der Waals surface area contributed by atoms with Gasteiger partial charge in [-0.1, -0.05) is 0 Å². The fourth-order valence-electron chi connectivity index (χ4n) is 1.80. The molecular formula is C14H19ClN4O3S2. The van der Waals surface area contributed by atoms with Crippen molar-refractivity contribution in [3.05, 3.63) is 39.8 Å². The Morgan fingerprint density at radius 1 is 1.38 bits per heavy atom. The molecule has 0 aliphatic carbocycles. The zero-order chi connectivity index (χ0) is 17.0. The topological polar surface area (TPSA) is 114 Å². The number of thiazole rings is 1. The molecule has 0 fully saturated rings. The van der Waals surface area contributed by atoms with Gasteiger partial charge in [0, 0.05) is 17.6 Å². The maximum atomic E-state index is 12.1. The van der Waals surface area contributed by atoms with Gasteiger partial charge < -0.3 is 11.1 Å². The second-order valence-corrected chi connectivity index (χ2v) is 7.77. The average molecular weight is 391 g/mol. The molecule has 0 aliphatic heterocycles. The largest absolute Gasteiger partial charge is 0.325 e. The third-order valence-corrected chi connectivity index (χ3v) is 5.25. The van der Waals surface area contributed by atoms with Crippen LogP contribution in [0.4, 0.5) is 11.4 Å². The second-order valence-electron chi connectivity index (χ2n) is 4.82. The molecular weight excluding hydrogens is 372 g/mol. The number of nitrogens with two attached hydrogens (primary N) is 1. The van der Waals surface area contributed by atoms with Crippen LogP contribution in [0.3, 0.4) is 0 Å². The van der Waals surface area contributed by atoms with E-state index in [-0.39, 0.29) is 24.1 Å². The van der Waals surface area contributed by atoms with Gasteiger partial charge in [0.15, 0.2) is 0 Å². The highest BCUT2D eigenvalue weighted by Crippen LogP contribution is 2.21. The zero-order valence-electron chi connectivity index (χ0n) is 13.2. The predicted octanol–water partition coefficient (Wildman–Crippen LogP) is 2.35. The van der Waals surface area contributed by atoms with E-state index in [0.29, 0.717) is 34.2 Å². The first-order valence-corrected chi connectivity index (χ1v) is 9.44. The minimum atomic E-state index is -3.33. The van der Waals surface area contributed by atoms with Crippen LogP contribution in [0.25, 0.3) is 0 Å². The van der Waals surface area contributed by atoms with Crippen molar-refractivity contribution < 1.29 is 13.2 Å². The summed E-state index contributed by atoms with van der Waals surface area (Å²) < 4.78 is 25.7. The molecule has 2 rings (SSSR count). The molecule has 1 heterocycles. The number of carbonyl (C=O) groups excluding carboxylic acids is 1. The number of aromatic nitrogens is 1. The molecule has 132 valence electrons. The van der Waals surface area contributed by atoms with Crippen molar-refractivity contribution >= 4 is 51.0 Å². The lowest BCUT2D eigenvalue weighted by molar-refractivity contribution is 0.102. The molecule has 24 heavy (non-hydrogen) atoms. The first-order valence-electron chi connectivity index (χ1n) is 6.91. The van der Waals surface area contributed by atoms with E-state index >= 15 is 0 Å². The molecule has 0 aliphatic rings. The number of rotatable bonds is 6. The molecule has 10 heteroatoms. The van der Waals surface area contributed by atoms with Crippen LogP contribution in [0.2, 0.25) is 0 Å². The highest BCUT2D eigenvalue weighted by atomic mass is 35.5. The van der Waals surface area contributed by atoms with Gasteiger partial charge in [-0.25, -0.2) is 13.4 Å². The van der Waals surface area contributed by atoms with E-state index in [1.54, 1.807) is 37.4 Å². The van der Waals surface area contributed by atoms with E-state index < -0.39 is 10.0 Å². The SMILES string of the molecule is CCS(=O)(=O)Nc1ccc(NC(=O)c2csc(CN)n2)cc1C.Cl. The summed E-state index contributed by atoms with van der Waals surface area (Å²) in [5.74, 6) is -0.333. The van der Waals surface area contributed by atoms with Crippen molar-refractivity contribution in [2.45, 2.75) is 20.4 Å². The van der Waals surface area contributed by atoms with E-state index in [1.165, 1.54) is 11.3 Å². The van der Waals surface area contributed by atoms with Crippen LogP contribution in [0, 0.1) is 6.92 Å². The van der Waals surface area contributed by atoms with Gasteiger partial charge in [-0.3, -0.25) is 9.52 Å². The average Bonchev–Trinajstić information content (AvgIpc) is 2.99. The molecule has 4 N–H and O–H groups in total. The number of hydrogen-bond donors (Lipinski definition) is 3. The van der Waals surface area contributed by atoms with E-state index in [2.05, 4.69) is 15.0 Å². The lowest BCUT2D eigenvalue weighted by atomic mass is 10.2. The molecule has 0 bridgehead atoms. The fourth-order valence-corrected chi connectivity index (χ4v) is 3.16. The summed E-state index contributed by atoms with van der Waals surface area (Å²) in [6, 6.07) is 4.95. The number of anilines is 2. The Hall–Kier alpha value is -1.68. The van der Waals surface area contributed by atoms with Gasteiger partial charge in [-0.2, -0.15) is 0 Å². The van der Waals surface area contributed by atoms with Crippen LogP contribution in [0.15, 0.2) is 23.6 Å². The number of halogens is 1. The molecule has 1 aromatic heterocycles. The minimum absolute atomic E-state index is 0. The summed E-state index contributed by atoms with van der Waals surface area (Å²) >= 11 is 1.33. The van der Waals surface area contributed by atoms with E-state index in [9.17, 15) is 13.2 Å². The Labute approximate surface area is 151 Å². The monoisotopic (exact) mass is 390 g/mol. The molecule has 0 spiro atoms. The van der Waals surface area contributed by atoms with Crippen molar-refractivity contribution in [2.24, 2.45) is 5.73 Å². The van der Waals surface area contributed by atoms with Crippen molar-refractivity contribution in [2.75, 3.05) is 15.8 Å². The normalized spacial score (nSPS) is 10.8. The fraction of sp³-hybridized carbons (Fsp3) is 0.286. The van der Waals surface area contributed by atoms with Crippen molar-refractivity contribution in [3.8, 4) is 0 Å². The van der Waals surface area contributed by atoms with Gasteiger partial charge in [-0.15, -0.1) is 23.7 Å². The summed E-state index contributed by atoms with van der Waals surface area (Å²) in [5.41, 5.74) is 7.55. The molecule has 0 unspecified atom stereocenters. The van der Waals surface area contributed by atoms with Gasteiger partial charge in [-0.05, 0) is 37.6 Å². The van der Waals surface area contributed by atoms with Gasteiger partial charge in [0.1, 0.15) is 10.7 Å². The molecule has 1 amide bonds. The molecule has 0 saturated heterocycles. The number of nitrogens with one attached hydrogen (secondary N) is 2. The smallest absolute Gasteiger partial charge is 0.275 e. The molecule has 0 radical (unpaired) electrons. The Balaban J connectivity index is 0.00000288. The Bertz CT molecular complexity index is 821. The third-order valence-electron chi connectivity index (χ3n) is 3.09. The van der Waals surface area contributed by atoms with Crippen molar-refractivity contribution in [1.29, 1.82) is 0 Å². The van der Waals surface area contributed by atoms with Gasteiger partial charge >= 0.3 is 0 Å². The molecule has 2 aromatic rings. The van der Waals surface area contributed by atoms with Gasteiger partial charge in [0.25, 0.3) is 5.91 Å². The predicted molar refractivity (Wildman–Crippen MR) is 99.5 cm³/mol. The third kappa shape index (κ3) is 5.17. The summed E-state index contributed by atoms with van der Waals surface area (Å²) in [6.45, 7) is 3.62. The number of amides is 1. The summed E-state index contributed by atoms with van der Waals surface area (Å²) in [6.07, 6.45) is 0. The second kappa shape index (κ2) is 8.43. The molecule has 7 nitrogen and oxygen atoms in total. The lowest BCUT2D eigenvalue weighted by Crippen LogP contribution is -2.16. The van der Waals surface area contributed by atoms with Crippen LogP contribution in [0.1, 0.15) is 28.0 Å². The maximum absolute atomic E-state index is 12.1. The van der Waals surface area contributed by atoms with Crippen LogP contribution in [0.5, 0.6) is 0 Å². The van der Waals surface area contributed by atoms with Crippen LogP contribution in [-0.4, -0.2) is 25.1 Å². The van der Waals surface area contributed by atoms with Crippen molar-refractivity contribution in [3.63, 3.8) is 0 Å². The highest BCUT2D eigenvalue weighted by molar-refractivity contribution is 7.92. The van der Waals surface area contributed by atoms with Crippen molar-refractivity contribution in [1.82, 2.24) is 4.98 Å². The minimum Gasteiger partial charge on any atom is -0.325 e. The number of hydrogen-bond acceptors (Lipinski definition) is 6. The summed E-state index contributed by atoms with van der Waals surface area (Å²) in [4.78, 5) is 16.2. The standard InChI is InChI=1S/C14H18N4O3S2.ClH/c1-3-23(20,21)18-11-5-4-10(6-9(11)2)16-14(19)12-8-22-13(7-15)17-12;/h4-6,8,18H,3,7,15H2,1-2H3,(H,16,19);1H. The highest BCUT2D eigenvalue weighted by Gasteiger charge is 2.12. The van der Waals surface area contributed by atoms with E-state index in [4.69, 9.17) is 5.73 Å². The first kappa shape index (κ1) is 20.4. The van der Waals surface area contributed by atoms with Gasteiger partial charge in [0.05, 0.1) is 11.4 Å². The number of benzene rings is 1. The Kier molecular flexibility index (Phi) is 7.15. The summed E-state index contributed by atoms with van der Waals surface area (Å²) in [5, 5.41) is 5.07. The molecule has 1 aromatic carbocycles. The summed E-state index contributed by atoms with van der Waals surface area (Å²) in [7, 11) is -3.33. The lowest BCUT2D eigenvalue weighted by Gasteiger charge is -2.11. The maximum Gasteiger partial charge on any atom is 0.275 e. The number of carbonyl (C=O) groups is 1. The number of aryl methyl sites for hydroxylation is 1. The van der Waals surface area contributed by atoms with Crippen LogP contribution >= 0.6 is 23.7 Å². The van der Waals surface area contributed by atoms with E-state index in [0.717, 1.165) is 0 Å². The van der Waals surface area contributed by atoms with Crippen LogP contribution in [-0.2, 0) is 16.6 Å². The van der Waals surface area contributed by atoms with E-state index in [1.807, 2.05) is 0 Å².